The summed E-state index contributed by atoms with van der Waals surface area (Å²) in [6.45, 7) is 5.12. The minimum absolute atomic E-state index is 0.239. The van der Waals surface area contributed by atoms with E-state index < -0.39 is 17.7 Å². The first kappa shape index (κ1) is 18.1. The van der Waals surface area contributed by atoms with Crippen molar-refractivity contribution in [2.45, 2.75) is 26.4 Å². The van der Waals surface area contributed by atoms with Gasteiger partial charge in [0.15, 0.2) is 6.61 Å². The first-order valence-electron chi connectivity index (χ1n) is 6.60. The molecule has 1 amide bonds. The van der Waals surface area contributed by atoms with Gasteiger partial charge in [-0.3, -0.25) is 4.90 Å². The van der Waals surface area contributed by atoms with Crippen LogP contribution < -0.4 is 9.64 Å². The van der Waals surface area contributed by atoms with Gasteiger partial charge in [0.2, 0.25) is 0 Å². The molecule has 0 atom stereocenters. The summed E-state index contributed by atoms with van der Waals surface area (Å²) in [6, 6.07) is 4.77. The molecular formula is C15H20ClNO5. The molecule has 0 aromatic heterocycles. The van der Waals surface area contributed by atoms with Crippen LogP contribution in [0.3, 0.4) is 0 Å². The summed E-state index contributed by atoms with van der Waals surface area (Å²) in [6.07, 6.45) is -0.494. The van der Waals surface area contributed by atoms with Gasteiger partial charge in [0.25, 0.3) is 0 Å². The average Bonchev–Trinajstić information content (AvgIpc) is 2.42. The molecule has 0 aliphatic carbocycles. The largest absolute Gasteiger partial charge is 0.480 e. The molecular weight excluding hydrogens is 310 g/mol. The SMILES string of the molecule is COC(=O)COc1ccc(N(C)C(=O)OC(C)(C)C)cc1Cl. The minimum atomic E-state index is -0.585. The molecule has 0 N–H and O–H groups in total. The number of hydrogen-bond acceptors (Lipinski definition) is 5. The number of rotatable bonds is 4. The number of hydrogen-bond donors (Lipinski definition) is 0. The Morgan fingerprint density at radius 2 is 1.91 bits per heavy atom. The van der Waals surface area contributed by atoms with Crippen molar-refractivity contribution in [2.75, 3.05) is 25.7 Å². The van der Waals surface area contributed by atoms with E-state index in [4.69, 9.17) is 21.1 Å². The van der Waals surface area contributed by atoms with Gasteiger partial charge in [-0.1, -0.05) is 11.6 Å². The number of methoxy groups -OCH3 is 1. The smallest absolute Gasteiger partial charge is 0.414 e. The highest BCUT2D eigenvalue weighted by Crippen LogP contribution is 2.29. The van der Waals surface area contributed by atoms with Crippen molar-refractivity contribution in [2.24, 2.45) is 0 Å². The molecule has 22 heavy (non-hydrogen) atoms. The summed E-state index contributed by atoms with van der Waals surface area (Å²) in [4.78, 5) is 24.3. The zero-order chi connectivity index (χ0) is 16.9. The van der Waals surface area contributed by atoms with Crippen molar-refractivity contribution < 1.29 is 23.8 Å². The lowest BCUT2D eigenvalue weighted by Crippen LogP contribution is -2.34. The number of benzene rings is 1. The summed E-state index contributed by atoms with van der Waals surface area (Å²) < 4.78 is 15.0. The summed E-state index contributed by atoms with van der Waals surface area (Å²) in [5.41, 5.74) is -0.0386. The van der Waals surface area contributed by atoms with Crippen LogP contribution in [0.25, 0.3) is 0 Å². The van der Waals surface area contributed by atoms with Gasteiger partial charge in [-0.25, -0.2) is 9.59 Å². The Morgan fingerprint density at radius 3 is 2.41 bits per heavy atom. The monoisotopic (exact) mass is 329 g/mol. The Morgan fingerprint density at radius 1 is 1.27 bits per heavy atom. The molecule has 1 aromatic rings. The highest BCUT2D eigenvalue weighted by Gasteiger charge is 2.21. The third kappa shape index (κ3) is 5.44. The molecule has 1 aromatic carbocycles. The Balaban J connectivity index is 2.79. The molecule has 0 aliphatic rings. The molecule has 6 nitrogen and oxygen atoms in total. The quantitative estimate of drug-likeness (QED) is 0.793. The number of esters is 1. The number of carbonyl (C=O) groups excluding carboxylic acids is 2. The van der Waals surface area contributed by atoms with Gasteiger partial charge in [0.05, 0.1) is 12.1 Å². The van der Waals surface area contributed by atoms with Gasteiger partial charge >= 0.3 is 12.1 Å². The normalized spacial score (nSPS) is 10.8. The van der Waals surface area contributed by atoms with Crippen LogP contribution in [0.2, 0.25) is 5.02 Å². The fraction of sp³-hybridized carbons (Fsp3) is 0.467. The number of anilines is 1. The third-order valence-corrected chi connectivity index (χ3v) is 2.84. The van der Waals surface area contributed by atoms with Crippen LogP contribution in [0.4, 0.5) is 10.5 Å². The van der Waals surface area contributed by atoms with Gasteiger partial charge in [0.1, 0.15) is 11.4 Å². The van der Waals surface area contributed by atoms with E-state index in [2.05, 4.69) is 4.74 Å². The zero-order valence-electron chi connectivity index (χ0n) is 13.3. The van der Waals surface area contributed by atoms with Crippen LogP contribution in [0.15, 0.2) is 18.2 Å². The Labute approximate surface area is 134 Å². The van der Waals surface area contributed by atoms with Gasteiger partial charge in [-0.2, -0.15) is 0 Å². The fourth-order valence-electron chi connectivity index (χ4n) is 1.45. The van der Waals surface area contributed by atoms with Crippen molar-refractivity contribution in [1.29, 1.82) is 0 Å². The van der Waals surface area contributed by atoms with E-state index in [9.17, 15) is 9.59 Å². The molecule has 0 saturated carbocycles. The maximum atomic E-state index is 12.0. The van der Waals surface area contributed by atoms with E-state index in [0.29, 0.717) is 11.4 Å². The van der Waals surface area contributed by atoms with E-state index in [0.717, 1.165) is 0 Å². The maximum absolute atomic E-state index is 12.0. The van der Waals surface area contributed by atoms with Crippen molar-refractivity contribution >= 4 is 29.4 Å². The average molecular weight is 330 g/mol. The number of carbonyl (C=O) groups is 2. The molecule has 0 saturated heterocycles. The van der Waals surface area contributed by atoms with Crippen LogP contribution in [0.5, 0.6) is 5.75 Å². The minimum Gasteiger partial charge on any atom is -0.480 e. The van der Waals surface area contributed by atoms with Crippen LogP contribution >= 0.6 is 11.6 Å². The van der Waals surface area contributed by atoms with E-state index >= 15 is 0 Å². The number of nitrogens with zero attached hydrogens (tertiary/aromatic N) is 1. The summed E-state index contributed by atoms with van der Waals surface area (Å²) in [7, 11) is 2.85. The van der Waals surface area contributed by atoms with Crippen molar-refractivity contribution in [3.05, 3.63) is 23.2 Å². The van der Waals surface area contributed by atoms with Crippen LogP contribution in [0, 0.1) is 0 Å². The molecule has 7 heteroatoms. The second-order valence-corrected chi connectivity index (χ2v) is 5.93. The predicted octanol–water partition coefficient (Wildman–Crippen LogP) is 3.26. The lowest BCUT2D eigenvalue weighted by atomic mass is 10.2. The van der Waals surface area contributed by atoms with Crippen LogP contribution in [0.1, 0.15) is 20.8 Å². The first-order valence-corrected chi connectivity index (χ1v) is 6.97. The van der Waals surface area contributed by atoms with Gasteiger partial charge in [-0.05, 0) is 39.0 Å². The number of ether oxygens (including phenoxy) is 3. The van der Waals surface area contributed by atoms with E-state index in [1.807, 2.05) is 0 Å². The molecule has 122 valence electrons. The van der Waals surface area contributed by atoms with Gasteiger partial charge in [0, 0.05) is 12.7 Å². The molecule has 0 bridgehead atoms. The van der Waals surface area contributed by atoms with Crippen molar-refractivity contribution in [3.63, 3.8) is 0 Å². The van der Waals surface area contributed by atoms with E-state index in [1.54, 1.807) is 46.0 Å². The lowest BCUT2D eigenvalue weighted by molar-refractivity contribution is -0.142. The summed E-state index contributed by atoms with van der Waals surface area (Å²) >= 11 is 6.08. The molecule has 0 fully saturated rings. The highest BCUT2D eigenvalue weighted by molar-refractivity contribution is 6.32. The van der Waals surface area contributed by atoms with E-state index in [1.165, 1.54) is 12.0 Å². The first-order chi connectivity index (χ1) is 10.1. The molecule has 0 heterocycles. The predicted molar refractivity (Wildman–Crippen MR) is 83.6 cm³/mol. The van der Waals surface area contributed by atoms with Gasteiger partial charge in [-0.15, -0.1) is 0 Å². The molecule has 0 spiro atoms. The molecule has 0 unspecified atom stereocenters. The lowest BCUT2D eigenvalue weighted by Gasteiger charge is -2.25. The molecule has 0 radical (unpaired) electrons. The molecule has 1 rings (SSSR count). The third-order valence-electron chi connectivity index (χ3n) is 2.54. The fourth-order valence-corrected chi connectivity index (χ4v) is 1.68. The Hall–Kier alpha value is -1.95. The van der Waals surface area contributed by atoms with Gasteiger partial charge < -0.3 is 14.2 Å². The second-order valence-electron chi connectivity index (χ2n) is 5.52. The standard InChI is InChI=1S/C15H20ClNO5/c1-15(2,3)22-14(19)17(4)10-6-7-12(11(16)8-10)21-9-13(18)20-5/h6-8H,9H2,1-5H3. The Bertz CT molecular complexity index is 553. The zero-order valence-corrected chi connectivity index (χ0v) is 14.1. The highest BCUT2D eigenvalue weighted by atomic mass is 35.5. The van der Waals surface area contributed by atoms with Crippen molar-refractivity contribution in [3.8, 4) is 5.75 Å². The maximum Gasteiger partial charge on any atom is 0.414 e. The van der Waals surface area contributed by atoms with Crippen molar-refractivity contribution in [1.82, 2.24) is 0 Å². The summed E-state index contributed by atoms with van der Waals surface area (Å²) in [5.74, 6) is -0.181. The Kier molecular flexibility index (Phi) is 6.05. The van der Waals surface area contributed by atoms with E-state index in [-0.39, 0.29) is 11.6 Å². The van der Waals surface area contributed by atoms with Crippen LogP contribution in [-0.4, -0.2) is 38.4 Å². The number of halogens is 1. The summed E-state index contributed by atoms with van der Waals surface area (Å²) in [5, 5.41) is 0.275. The number of amides is 1. The topological polar surface area (TPSA) is 65.1 Å². The molecule has 0 aliphatic heterocycles. The van der Waals surface area contributed by atoms with Crippen LogP contribution in [-0.2, 0) is 14.3 Å². The second kappa shape index (κ2) is 7.35.